The van der Waals surface area contributed by atoms with E-state index in [2.05, 4.69) is 278 Å². The summed E-state index contributed by atoms with van der Waals surface area (Å²) in [5.74, 6) is 0. The zero-order valence-corrected chi connectivity index (χ0v) is 40.3. The quantitative estimate of drug-likeness (QED) is 0.165. The second kappa shape index (κ2) is 15.5. The molecule has 12 aromatic carbocycles. The van der Waals surface area contributed by atoms with Crippen LogP contribution >= 0.6 is 0 Å². The van der Waals surface area contributed by atoms with Crippen molar-refractivity contribution in [3.8, 4) is 44.5 Å². The van der Waals surface area contributed by atoms with Gasteiger partial charge in [-0.1, -0.05) is 237 Å². The van der Waals surface area contributed by atoms with E-state index < -0.39 is 10.8 Å². The predicted octanol–water partition coefficient (Wildman–Crippen LogP) is 18.6. The van der Waals surface area contributed by atoms with Crippen molar-refractivity contribution in [2.24, 2.45) is 0 Å². The molecule has 1 spiro atoms. The lowest BCUT2D eigenvalue weighted by Crippen LogP contribution is -2.28. The average Bonchev–Trinajstić information content (AvgIpc) is 4.32. The van der Waals surface area contributed by atoms with Gasteiger partial charge < -0.3 is 9.32 Å². The van der Waals surface area contributed by atoms with Crippen molar-refractivity contribution >= 4 is 49.8 Å². The van der Waals surface area contributed by atoms with E-state index in [1.807, 2.05) is 0 Å². The summed E-state index contributed by atoms with van der Waals surface area (Å²) < 4.78 is 7.05. The Kier molecular flexibility index (Phi) is 8.62. The van der Waals surface area contributed by atoms with E-state index in [4.69, 9.17) is 4.42 Å². The van der Waals surface area contributed by atoms with Crippen LogP contribution in [0.1, 0.15) is 44.5 Å². The van der Waals surface area contributed by atoms with Crippen LogP contribution < -0.4 is 4.90 Å². The molecule has 0 N–H and O–H groups in total. The Bertz CT molecular complexity index is 4340. The summed E-state index contributed by atoms with van der Waals surface area (Å²) in [5.41, 5.74) is 23.9. The molecule has 0 fully saturated rings. The van der Waals surface area contributed by atoms with E-state index in [0.29, 0.717) is 0 Å². The zero-order valence-electron chi connectivity index (χ0n) is 40.3. The largest absolute Gasteiger partial charge is 0.455 e. The Morgan fingerprint density at radius 3 is 1.41 bits per heavy atom. The lowest BCUT2D eigenvalue weighted by molar-refractivity contribution is 0.670. The average molecular weight is 940 g/mol. The molecule has 0 saturated heterocycles. The summed E-state index contributed by atoms with van der Waals surface area (Å²) in [6.07, 6.45) is 0. The molecule has 0 saturated carbocycles. The SMILES string of the molecule is c1ccc(C2(c3ccccc3)c3ccccc3-c3c(N(c4ccc5c(c4)C4(c6ccccc6-c6ccccc64)c4ccccc4-5)c4ccccc4-c4cccc5c4oc4cc6ccccc6cc45)cccc32)cc1. The monoisotopic (exact) mass is 939 g/mol. The van der Waals surface area contributed by atoms with Gasteiger partial charge in [0.15, 0.2) is 0 Å². The number of furan rings is 1. The summed E-state index contributed by atoms with van der Waals surface area (Å²) in [4.78, 5) is 2.57. The Morgan fingerprint density at radius 2 is 0.757 bits per heavy atom. The maximum Gasteiger partial charge on any atom is 0.143 e. The van der Waals surface area contributed by atoms with Gasteiger partial charge in [-0.3, -0.25) is 0 Å². The minimum Gasteiger partial charge on any atom is -0.455 e. The van der Waals surface area contributed by atoms with Crippen LogP contribution in [0.25, 0.3) is 77.2 Å². The van der Waals surface area contributed by atoms with Crippen molar-refractivity contribution in [1.82, 2.24) is 0 Å². The second-order valence-electron chi connectivity index (χ2n) is 20.2. The number of rotatable bonds is 6. The molecular weight excluding hydrogens is 895 g/mol. The van der Waals surface area contributed by atoms with Crippen molar-refractivity contribution in [2.45, 2.75) is 10.8 Å². The number of benzene rings is 12. The van der Waals surface area contributed by atoms with Gasteiger partial charge in [0.25, 0.3) is 0 Å². The van der Waals surface area contributed by atoms with Gasteiger partial charge in [-0.05, 0) is 119 Å². The highest BCUT2D eigenvalue weighted by atomic mass is 16.3. The molecule has 3 aliphatic carbocycles. The predicted molar refractivity (Wildman–Crippen MR) is 305 cm³/mol. The van der Waals surface area contributed by atoms with Crippen LogP contribution in [-0.2, 0) is 10.8 Å². The standard InChI is InChI=1S/C72H45NO/c1-3-23-48(24-4-1)71(49-25-5-2-6-26-49)63-37-17-12-31-58(63)69-64(71)38-20-40-67(69)73(66-39-18-13-30-55(66)56-32-19-33-57-59-43-46-21-7-8-22-47(46)44-68(59)74-70(56)57)50-41-42-54-53-29-11-16-36-62(53)72(65(54)45-50)60-34-14-9-27-51(60)52-28-10-15-35-61(52)72/h1-45H. The molecular formula is C72H45NO. The van der Waals surface area contributed by atoms with Crippen LogP contribution in [-0.4, -0.2) is 0 Å². The Morgan fingerprint density at radius 1 is 0.284 bits per heavy atom. The summed E-state index contributed by atoms with van der Waals surface area (Å²) in [6, 6.07) is 102. The van der Waals surface area contributed by atoms with Crippen LogP contribution in [0.15, 0.2) is 277 Å². The summed E-state index contributed by atoms with van der Waals surface area (Å²) in [6.45, 7) is 0. The third-order valence-corrected chi connectivity index (χ3v) is 16.7. The number of nitrogens with zero attached hydrogens (tertiary/aromatic N) is 1. The van der Waals surface area contributed by atoms with Gasteiger partial charge >= 0.3 is 0 Å². The molecule has 344 valence electrons. The molecule has 74 heavy (non-hydrogen) atoms. The van der Waals surface area contributed by atoms with Gasteiger partial charge in [-0.25, -0.2) is 0 Å². The maximum absolute atomic E-state index is 7.05. The minimum absolute atomic E-state index is 0.523. The number of anilines is 3. The van der Waals surface area contributed by atoms with Crippen molar-refractivity contribution in [3.05, 3.63) is 317 Å². The molecule has 1 aromatic heterocycles. The van der Waals surface area contributed by atoms with Gasteiger partial charge in [0.05, 0.1) is 22.2 Å². The fourth-order valence-corrected chi connectivity index (χ4v) is 13.9. The van der Waals surface area contributed by atoms with Gasteiger partial charge in [-0.15, -0.1) is 0 Å². The van der Waals surface area contributed by atoms with Crippen LogP contribution in [0.3, 0.4) is 0 Å². The van der Waals surface area contributed by atoms with Crippen molar-refractivity contribution in [1.29, 1.82) is 0 Å². The lowest BCUT2D eigenvalue weighted by Gasteiger charge is -2.35. The molecule has 2 nitrogen and oxygen atoms in total. The van der Waals surface area contributed by atoms with E-state index >= 15 is 0 Å². The highest BCUT2D eigenvalue weighted by Gasteiger charge is 2.52. The fourth-order valence-electron chi connectivity index (χ4n) is 13.9. The fraction of sp³-hybridized carbons (Fsp3) is 0.0278. The molecule has 0 bridgehead atoms. The number of para-hydroxylation sites is 2. The summed E-state index contributed by atoms with van der Waals surface area (Å²) in [5, 5.41) is 4.58. The van der Waals surface area contributed by atoms with Crippen LogP contribution in [0.4, 0.5) is 17.1 Å². The van der Waals surface area contributed by atoms with Crippen LogP contribution in [0.2, 0.25) is 0 Å². The first kappa shape index (κ1) is 41.2. The van der Waals surface area contributed by atoms with E-state index in [0.717, 1.165) is 55.5 Å². The first-order valence-electron chi connectivity index (χ1n) is 25.7. The molecule has 1 heterocycles. The van der Waals surface area contributed by atoms with Crippen LogP contribution in [0.5, 0.6) is 0 Å². The van der Waals surface area contributed by atoms with Crippen molar-refractivity contribution in [3.63, 3.8) is 0 Å². The highest BCUT2D eigenvalue weighted by molar-refractivity contribution is 6.14. The molecule has 0 atom stereocenters. The second-order valence-corrected chi connectivity index (χ2v) is 20.2. The highest BCUT2D eigenvalue weighted by Crippen LogP contribution is 2.65. The van der Waals surface area contributed by atoms with Gasteiger partial charge in [0.2, 0.25) is 0 Å². The number of fused-ring (bicyclic) bond motifs is 17. The van der Waals surface area contributed by atoms with E-state index in [1.165, 1.54) is 83.3 Å². The van der Waals surface area contributed by atoms with Gasteiger partial charge in [0, 0.05) is 33.2 Å². The van der Waals surface area contributed by atoms with Crippen molar-refractivity contribution in [2.75, 3.05) is 4.90 Å². The molecule has 16 rings (SSSR count). The maximum atomic E-state index is 7.05. The smallest absolute Gasteiger partial charge is 0.143 e. The molecule has 0 aliphatic heterocycles. The molecule has 13 aromatic rings. The Hall–Kier alpha value is -9.50. The summed E-state index contributed by atoms with van der Waals surface area (Å²) in [7, 11) is 0. The molecule has 0 radical (unpaired) electrons. The molecule has 2 heteroatoms. The van der Waals surface area contributed by atoms with Gasteiger partial charge in [-0.2, -0.15) is 0 Å². The van der Waals surface area contributed by atoms with Gasteiger partial charge in [0.1, 0.15) is 11.2 Å². The lowest BCUT2D eigenvalue weighted by atomic mass is 9.68. The number of hydrogen-bond acceptors (Lipinski definition) is 2. The first-order valence-corrected chi connectivity index (χ1v) is 25.7. The van der Waals surface area contributed by atoms with Crippen LogP contribution in [0, 0.1) is 0 Å². The number of hydrogen-bond donors (Lipinski definition) is 0. The van der Waals surface area contributed by atoms with Crippen molar-refractivity contribution < 1.29 is 4.42 Å². The Labute approximate surface area is 429 Å². The summed E-state index contributed by atoms with van der Waals surface area (Å²) >= 11 is 0. The molecule has 0 unspecified atom stereocenters. The third-order valence-electron chi connectivity index (χ3n) is 16.7. The Balaban J connectivity index is 1.01. The third kappa shape index (κ3) is 5.39. The molecule has 0 amide bonds. The van der Waals surface area contributed by atoms with E-state index in [-0.39, 0.29) is 0 Å². The minimum atomic E-state index is -0.583. The first-order chi connectivity index (χ1) is 36.7. The normalized spacial score (nSPS) is 13.9. The molecule has 3 aliphatic rings. The zero-order chi connectivity index (χ0) is 48.5. The van der Waals surface area contributed by atoms with E-state index in [9.17, 15) is 0 Å². The topological polar surface area (TPSA) is 16.4 Å². The van der Waals surface area contributed by atoms with E-state index in [1.54, 1.807) is 0 Å².